The Hall–Kier alpha value is -3.83. The van der Waals surface area contributed by atoms with E-state index in [9.17, 15) is 24.0 Å². The lowest BCUT2D eigenvalue weighted by atomic mass is 10.1. The SMILES string of the molecule is C=C1CCN1C(=O)CCc1ccc(NC(=O)CCOCCOCCNC(=O)CCN2C(=O)C=CC2=O)cc1. The molecule has 11 nitrogen and oxygen atoms in total. The first-order valence-corrected chi connectivity index (χ1v) is 12.7. The van der Waals surface area contributed by atoms with Gasteiger partial charge in [0.25, 0.3) is 11.8 Å². The number of imide groups is 1. The fraction of sp³-hybridized carbons (Fsp3) is 0.444. The molecule has 1 saturated heterocycles. The van der Waals surface area contributed by atoms with Crippen molar-refractivity contribution in [3.8, 4) is 0 Å². The summed E-state index contributed by atoms with van der Waals surface area (Å²) in [4.78, 5) is 61.6. The van der Waals surface area contributed by atoms with Crippen LogP contribution >= 0.6 is 0 Å². The van der Waals surface area contributed by atoms with E-state index in [1.165, 1.54) is 12.2 Å². The zero-order valence-electron chi connectivity index (χ0n) is 21.4. The second-order valence-corrected chi connectivity index (χ2v) is 8.84. The summed E-state index contributed by atoms with van der Waals surface area (Å²) >= 11 is 0. The van der Waals surface area contributed by atoms with Crippen LogP contribution in [0.25, 0.3) is 0 Å². The molecule has 11 heteroatoms. The number of carbonyl (C=O) groups excluding carboxylic acids is 5. The molecule has 2 heterocycles. The first kappa shape index (κ1) is 28.7. The number of likely N-dealkylation sites (tertiary alicyclic amines) is 1. The number of nitrogens with one attached hydrogen (secondary N) is 2. The van der Waals surface area contributed by atoms with E-state index < -0.39 is 11.8 Å². The third kappa shape index (κ3) is 9.24. The molecule has 2 aliphatic rings. The normalized spacial score (nSPS) is 14.6. The Morgan fingerprint density at radius 2 is 1.55 bits per heavy atom. The quantitative estimate of drug-likeness (QED) is 0.244. The van der Waals surface area contributed by atoms with Crippen LogP contribution in [-0.2, 0) is 39.9 Å². The second kappa shape index (κ2) is 14.8. The van der Waals surface area contributed by atoms with Crippen molar-refractivity contribution in [3.63, 3.8) is 0 Å². The van der Waals surface area contributed by atoms with Crippen LogP contribution in [0.2, 0.25) is 0 Å². The van der Waals surface area contributed by atoms with E-state index in [-0.39, 0.29) is 50.3 Å². The Labute approximate surface area is 221 Å². The van der Waals surface area contributed by atoms with Gasteiger partial charge in [0.2, 0.25) is 17.7 Å². The van der Waals surface area contributed by atoms with E-state index in [4.69, 9.17) is 9.47 Å². The molecule has 1 aromatic rings. The number of hydrogen-bond acceptors (Lipinski definition) is 7. The Kier molecular flexibility index (Phi) is 11.2. The first-order chi connectivity index (χ1) is 18.3. The van der Waals surface area contributed by atoms with Crippen molar-refractivity contribution >= 4 is 35.2 Å². The third-order valence-corrected chi connectivity index (χ3v) is 6.05. The summed E-state index contributed by atoms with van der Waals surface area (Å²) in [5.41, 5.74) is 2.59. The number of ether oxygens (including phenoxy) is 2. The van der Waals surface area contributed by atoms with Crippen LogP contribution in [0, 0.1) is 0 Å². The van der Waals surface area contributed by atoms with Gasteiger partial charge >= 0.3 is 0 Å². The van der Waals surface area contributed by atoms with Gasteiger partial charge in [0.15, 0.2) is 0 Å². The standard InChI is InChI=1S/C27H34N4O7/c1-20-10-14-30(20)25(34)7-4-21-2-5-22(6-3-21)29-24(33)12-16-37-18-19-38-17-13-28-23(32)11-15-31-26(35)8-9-27(31)36/h2-3,5-6,8-9H,1,4,7,10-19H2,(H,28,32)(H,29,33). The molecular weight excluding hydrogens is 492 g/mol. The predicted octanol–water partition coefficient (Wildman–Crippen LogP) is 1.16. The Balaban J connectivity index is 1.15. The first-order valence-electron chi connectivity index (χ1n) is 12.7. The highest BCUT2D eigenvalue weighted by Crippen LogP contribution is 2.21. The van der Waals surface area contributed by atoms with Gasteiger partial charge in [-0.05, 0) is 24.1 Å². The number of anilines is 1. The third-order valence-electron chi connectivity index (χ3n) is 6.05. The van der Waals surface area contributed by atoms with Crippen LogP contribution in [0.4, 0.5) is 5.69 Å². The van der Waals surface area contributed by atoms with Gasteiger partial charge in [-0.2, -0.15) is 0 Å². The van der Waals surface area contributed by atoms with Gasteiger partial charge in [-0.25, -0.2) is 0 Å². The summed E-state index contributed by atoms with van der Waals surface area (Å²) in [6.07, 6.45) is 4.55. The molecule has 1 aromatic carbocycles. The molecular formula is C27H34N4O7. The molecule has 0 spiro atoms. The lowest BCUT2D eigenvalue weighted by molar-refractivity contribution is -0.137. The van der Waals surface area contributed by atoms with E-state index in [1.54, 1.807) is 4.90 Å². The zero-order chi connectivity index (χ0) is 27.3. The molecule has 0 atom stereocenters. The Bertz CT molecular complexity index is 1050. The van der Waals surface area contributed by atoms with Gasteiger partial charge in [0.05, 0.1) is 32.8 Å². The summed E-state index contributed by atoms with van der Waals surface area (Å²) < 4.78 is 10.8. The van der Waals surface area contributed by atoms with Crippen LogP contribution in [0.5, 0.6) is 0 Å². The summed E-state index contributed by atoms with van der Waals surface area (Å²) in [6, 6.07) is 7.43. The minimum Gasteiger partial charge on any atom is -0.379 e. The molecule has 0 unspecified atom stereocenters. The number of hydrogen-bond donors (Lipinski definition) is 2. The van der Waals surface area contributed by atoms with Gasteiger partial charge in [0, 0.05) is 62.4 Å². The fourth-order valence-corrected chi connectivity index (χ4v) is 3.75. The maximum absolute atomic E-state index is 12.1. The number of carbonyl (C=O) groups is 5. The summed E-state index contributed by atoms with van der Waals surface area (Å²) in [5.74, 6) is -1.17. The number of amides is 5. The Morgan fingerprint density at radius 1 is 0.868 bits per heavy atom. The van der Waals surface area contributed by atoms with Crippen molar-refractivity contribution in [1.82, 2.24) is 15.1 Å². The van der Waals surface area contributed by atoms with Crippen molar-refractivity contribution < 1.29 is 33.4 Å². The highest BCUT2D eigenvalue weighted by molar-refractivity contribution is 6.13. The molecule has 2 N–H and O–H groups in total. The van der Waals surface area contributed by atoms with Crippen molar-refractivity contribution in [2.45, 2.75) is 32.1 Å². The maximum Gasteiger partial charge on any atom is 0.253 e. The average Bonchev–Trinajstić information content (AvgIpc) is 3.21. The molecule has 1 fully saturated rings. The van der Waals surface area contributed by atoms with Gasteiger partial charge in [-0.15, -0.1) is 0 Å². The van der Waals surface area contributed by atoms with Gasteiger partial charge < -0.3 is 25.0 Å². The molecule has 5 amide bonds. The van der Waals surface area contributed by atoms with E-state index in [2.05, 4.69) is 17.2 Å². The highest BCUT2D eigenvalue weighted by Gasteiger charge is 2.24. The molecule has 3 rings (SSSR count). The predicted molar refractivity (Wildman–Crippen MR) is 139 cm³/mol. The fourth-order valence-electron chi connectivity index (χ4n) is 3.75. The topological polar surface area (TPSA) is 134 Å². The summed E-state index contributed by atoms with van der Waals surface area (Å²) in [6.45, 7) is 6.11. The number of rotatable bonds is 16. The zero-order valence-corrected chi connectivity index (χ0v) is 21.4. The molecule has 2 aliphatic heterocycles. The number of nitrogens with zero attached hydrogens (tertiary/aromatic N) is 2. The van der Waals surface area contributed by atoms with E-state index in [1.807, 2.05) is 24.3 Å². The largest absolute Gasteiger partial charge is 0.379 e. The second-order valence-electron chi connectivity index (χ2n) is 8.84. The van der Waals surface area contributed by atoms with Crippen LogP contribution in [0.1, 0.15) is 31.2 Å². The van der Waals surface area contributed by atoms with Crippen LogP contribution in [-0.4, -0.2) is 85.4 Å². The van der Waals surface area contributed by atoms with Crippen LogP contribution in [0.15, 0.2) is 48.7 Å². The van der Waals surface area contributed by atoms with E-state index >= 15 is 0 Å². The molecule has 0 aliphatic carbocycles. The molecule has 0 bridgehead atoms. The lowest BCUT2D eigenvalue weighted by Crippen LogP contribution is -2.39. The van der Waals surface area contributed by atoms with Crippen molar-refractivity contribution in [1.29, 1.82) is 0 Å². The van der Waals surface area contributed by atoms with Crippen LogP contribution < -0.4 is 10.6 Å². The monoisotopic (exact) mass is 526 g/mol. The minimum atomic E-state index is -0.409. The summed E-state index contributed by atoms with van der Waals surface area (Å²) in [7, 11) is 0. The number of aryl methyl sites for hydroxylation is 1. The Morgan fingerprint density at radius 3 is 2.18 bits per heavy atom. The van der Waals surface area contributed by atoms with E-state index in [0.29, 0.717) is 38.3 Å². The lowest BCUT2D eigenvalue weighted by Gasteiger charge is -2.33. The van der Waals surface area contributed by atoms with Gasteiger partial charge in [0.1, 0.15) is 0 Å². The molecule has 0 aromatic heterocycles. The molecule has 38 heavy (non-hydrogen) atoms. The van der Waals surface area contributed by atoms with Gasteiger partial charge in [-0.1, -0.05) is 18.7 Å². The van der Waals surface area contributed by atoms with Crippen molar-refractivity contribution in [3.05, 3.63) is 54.3 Å². The molecule has 204 valence electrons. The number of benzene rings is 1. The summed E-state index contributed by atoms with van der Waals surface area (Å²) in [5, 5.41) is 5.47. The van der Waals surface area contributed by atoms with Crippen molar-refractivity contribution in [2.75, 3.05) is 51.4 Å². The smallest absolute Gasteiger partial charge is 0.253 e. The molecule has 0 radical (unpaired) electrons. The van der Waals surface area contributed by atoms with E-state index in [0.717, 1.165) is 29.1 Å². The molecule has 0 saturated carbocycles. The highest BCUT2D eigenvalue weighted by atomic mass is 16.5. The van der Waals surface area contributed by atoms with Crippen LogP contribution in [0.3, 0.4) is 0 Å². The average molecular weight is 527 g/mol. The van der Waals surface area contributed by atoms with Gasteiger partial charge in [-0.3, -0.25) is 28.9 Å². The maximum atomic E-state index is 12.1. The van der Waals surface area contributed by atoms with Crippen molar-refractivity contribution in [2.24, 2.45) is 0 Å². The minimum absolute atomic E-state index is 0.0329.